The van der Waals surface area contributed by atoms with Gasteiger partial charge in [0, 0.05) is 6.54 Å². The molecule has 1 unspecified atom stereocenters. The van der Waals surface area contributed by atoms with E-state index in [1.165, 1.54) is 12.1 Å². The highest BCUT2D eigenvalue weighted by Crippen LogP contribution is 2.41. The Labute approximate surface area is 140 Å². The molecule has 1 aromatic rings. The lowest BCUT2D eigenvalue weighted by Gasteiger charge is -2.42. The molecule has 1 N–H and O–H groups in total. The summed E-state index contributed by atoms with van der Waals surface area (Å²) < 4.78 is 18.5. The van der Waals surface area contributed by atoms with Crippen LogP contribution in [0.4, 0.5) is 4.39 Å². The number of hydrogen-bond donors (Lipinski definition) is 1. The fraction of sp³-hybridized carbons (Fsp3) is 0.556. The van der Waals surface area contributed by atoms with Crippen LogP contribution in [0.15, 0.2) is 24.3 Å². The maximum atomic E-state index is 13.3. The van der Waals surface area contributed by atoms with Crippen LogP contribution in [0.25, 0.3) is 0 Å². The average Bonchev–Trinajstić information content (AvgIpc) is 2.62. The van der Waals surface area contributed by atoms with Crippen LogP contribution in [-0.2, 0) is 19.7 Å². The minimum Gasteiger partial charge on any atom is -0.479 e. The fourth-order valence-electron chi connectivity index (χ4n) is 3.84. The van der Waals surface area contributed by atoms with Gasteiger partial charge in [-0.25, -0.2) is 9.18 Å². The van der Waals surface area contributed by atoms with Gasteiger partial charge in [0.2, 0.25) is 5.91 Å². The number of nitrogens with zero attached hydrogens (tertiary/aromatic N) is 1. The minimum absolute atomic E-state index is 0.0524. The first-order chi connectivity index (χ1) is 11.5. The quantitative estimate of drug-likeness (QED) is 0.921. The molecular formula is C18H22FNO4. The van der Waals surface area contributed by atoms with Gasteiger partial charge in [-0.3, -0.25) is 4.79 Å². The molecule has 0 bridgehead atoms. The van der Waals surface area contributed by atoms with Crippen LogP contribution in [-0.4, -0.2) is 47.7 Å². The Balaban J connectivity index is 1.89. The molecule has 3 rings (SSSR count). The number of carbonyl (C=O) groups is 2. The zero-order valence-corrected chi connectivity index (χ0v) is 13.5. The van der Waals surface area contributed by atoms with Gasteiger partial charge < -0.3 is 14.7 Å². The molecule has 1 heterocycles. The van der Waals surface area contributed by atoms with Crippen LogP contribution < -0.4 is 0 Å². The van der Waals surface area contributed by atoms with Crippen molar-refractivity contribution in [2.75, 3.05) is 19.7 Å². The molecule has 1 aliphatic heterocycles. The molecule has 5 nitrogen and oxygen atoms in total. The molecule has 2 fully saturated rings. The van der Waals surface area contributed by atoms with E-state index in [1.54, 1.807) is 17.0 Å². The van der Waals surface area contributed by atoms with Gasteiger partial charge in [0.1, 0.15) is 5.82 Å². The van der Waals surface area contributed by atoms with Crippen LogP contribution in [0.3, 0.4) is 0 Å². The molecule has 24 heavy (non-hydrogen) atoms. The molecule has 6 heteroatoms. The summed E-state index contributed by atoms with van der Waals surface area (Å²) in [4.78, 5) is 26.1. The molecule has 130 valence electrons. The van der Waals surface area contributed by atoms with E-state index in [1.807, 2.05) is 0 Å². The Kier molecular flexibility index (Phi) is 4.85. The third-order valence-electron chi connectivity index (χ3n) is 5.14. The van der Waals surface area contributed by atoms with Gasteiger partial charge in [-0.2, -0.15) is 0 Å². The summed E-state index contributed by atoms with van der Waals surface area (Å²) in [6, 6.07) is 6.15. The molecule has 1 saturated carbocycles. The summed E-state index contributed by atoms with van der Waals surface area (Å²) in [6.45, 7) is 0.685. The Bertz CT molecular complexity index is 610. The molecule has 0 radical (unpaired) electrons. The van der Waals surface area contributed by atoms with Gasteiger partial charge in [0.25, 0.3) is 0 Å². The highest BCUT2D eigenvalue weighted by atomic mass is 19.1. The number of carbonyl (C=O) groups excluding carboxylic acids is 1. The number of carboxylic acids is 1. The van der Waals surface area contributed by atoms with E-state index < -0.39 is 17.5 Å². The van der Waals surface area contributed by atoms with Crippen molar-refractivity contribution in [3.8, 4) is 0 Å². The van der Waals surface area contributed by atoms with E-state index in [4.69, 9.17) is 9.84 Å². The summed E-state index contributed by atoms with van der Waals surface area (Å²) in [6.07, 6.45) is 3.42. The van der Waals surface area contributed by atoms with Crippen LogP contribution in [0, 0.1) is 5.82 Å². The standard InChI is InChI=1S/C18H22FNO4/c19-14-6-4-13(5-7-14)18(8-2-1-3-9-18)17(23)20-10-11-24-15(12-20)16(21)22/h4-7,15H,1-3,8-12H2,(H,21,22). The van der Waals surface area contributed by atoms with Gasteiger partial charge in [-0.05, 0) is 30.5 Å². The minimum atomic E-state index is -1.05. The number of ether oxygens (including phenoxy) is 1. The zero-order chi connectivity index (χ0) is 17.2. The molecule has 0 spiro atoms. The number of morpholine rings is 1. The van der Waals surface area contributed by atoms with Crippen molar-refractivity contribution in [1.82, 2.24) is 4.90 Å². The number of benzene rings is 1. The molecular weight excluding hydrogens is 313 g/mol. The Morgan fingerprint density at radius 3 is 2.46 bits per heavy atom. The number of rotatable bonds is 3. The van der Waals surface area contributed by atoms with E-state index in [0.29, 0.717) is 19.4 Å². The number of aliphatic carboxylic acids is 1. The van der Waals surface area contributed by atoms with Crippen molar-refractivity contribution in [3.05, 3.63) is 35.6 Å². The van der Waals surface area contributed by atoms with Gasteiger partial charge in [0.05, 0.1) is 18.6 Å². The predicted octanol–water partition coefficient (Wildman–Crippen LogP) is 2.34. The van der Waals surface area contributed by atoms with E-state index in [2.05, 4.69) is 0 Å². The molecule has 1 aliphatic carbocycles. The number of halogens is 1. The third-order valence-corrected chi connectivity index (χ3v) is 5.14. The van der Waals surface area contributed by atoms with Gasteiger partial charge in [0.15, 0.2) is 6.10 Å². The summed E-state index contributed by atoms with van der Waals surface area (Å²) in [5.41, 5.74) is 0.152. The third kappa shape index (κ3) is 3.15. The molecule has 0 aromatic heterocycles. The lowest BCUT2D eigenvalue weighted by Crippen LogP contribution is -2.55. The van der Waals surface area contributed by atoms with E-state index >= 15 is 0 Å². The highest BCUT2D eigenvalue weighted by Gasteiger charge is 2.45. The van der Waals surface area contributed by atoms with Crippen LogP contribution >= 0.6 is 0 Å². The predicted molar refractivity (Wildman–Crippen MR) is 85.1 cm³/mol. The first kappa shape index (κ1) is 16.9. The van der Waals surface area contributed by atoms with Crippen molar-refractivity contribution in [3.63, 3.8) is 0 Å². The fourth-order valence-corrected chi connectivity index (χ4v) is 3.84. The molecule has 2 aliphatic rings. The maximum absolute atomic E-state index is 13.3. The van der Waals surface area contributed by atoms with Crippen LogP contribution in [0.2, 0.25) is 0 Å². The zero-order valence-electron chi connectivity index (χ0n) is 13.5. The van der Waals surface area contributed by atoms with Crippen molar-refractivity contribution in [2.45, 2.75) is 43.6 Å². The van der Waals surface area contributed by atoms with Crippen molar-refractivity contribution >= 4 is 11.9 Å². The second-order valence-electron chi connectivity index (χ2n) is 6.60. The second kappa shape index (κ2) is 6.89. The van der Waals surface area contributed by atoms with Crippen LogP contribution in [0.1, 0.15) is 37.7 Å². The normalized spacial score (nSPS) is 23.7. The maximum Gasteiger partial charge on any atom is 0.334 e. The molecule has 1 atom stereocenters. The lowest BCUT2D eigenvalue weighted by atomic mass is 9.68. The number of hydrogen-bond acceptors (Lipinski definition) is 3. The topological polar surface area (TPSA) is 66.8 Å². The van der Waals surface area contributed by atoms with E-state index in [0.717, 1.165) is 24.8 Å². The largest absolute Gasteiger partial charge is 0.479 e. The summed E-state index contributed by atoms with van der Waals surface area (Å²) in [5.74, 6) is -1.43. The van der Waals surface area contributed by atoms with Gasteiger partial charge in [-0.15, -0.1) is 0 Å². The van der Waals surface area contributed by atoms with Crippen LogP contribution in [0.5, 0.6) is 0 Å². The molecule has 1 aromatic carbocycles. The summed E-state index contributed by atoms with van der Waals surface area (Å²) >= 11 is 0. The first-order valence-electron chi connectivity index (χ1n) is 8.43. The molecule has 1 amide bonds. The summed E-state index contributed by atoms with van der Waals surface area (Å²) in [7, 11) is 0. The monoisotopic (exact) mass is 335 g/mol. The van der Waals surface area contributed by atoms with Gasteiger partial charge in [-0.1, -0.05) is 31.4 Å². The highest BCUT2D eigenvalue weighted by molar-refractivity contribution is 5.89. The number of carboxylic acid groups (broad SMARTS) is 1. The Morgan fingerprint density at radius 1 is 1.17 bits per heavy atom. The summed E-state index contributed by atoms with van der Waals surface area (Å²) in [5, 5.41) is 9.16. The van der Waals surface area contributed by atoms with E-state index in [9.17, 15) is 14.0 Å². The molecule has 1 saturated heterocycles. The van der Waals surface area contributed by atoms with Crippen molar-refractivity contribution < 1.29 is 23.8 Å². The SMILES string of the molecule is O=C(O)C1CN(C(=O)C2(c3ccc(F)cc3)CCCCC2)CCO1. The first-order valence-corrected chi connectivity index (χ1v) is 8.43. The second-order valence-corrected chi connectivity index (χ2v) is 6.60. The Hall–Kier alpha value is -1.95. The van der Waals surface area contributed by atoms with Crippen molar-refractivity contribution in [2.24, 2.45) is 0 Å². The Morgan fingerprint density at radius 2 is 1.83 bits per heavy atom. The van der Waals surface area contributed by atoms with E-state index in [-0.39, 0.29) is 24.9 Å². The smallest absolute Gasteiger partial charge is 0.334 e. The number of amides is 1. The average molecular weight is 335 g/mol. The van der Waals surface area contributed by atoms with Gasteiger partial charge >= 0.3 is 5.97 Å². The lowest BCUT2D eigenvalue weighted by molar-refractivity contribution is -0.161. The van der Waals surface area contributed by atoms with Crippen molar-refractivity contribution in [1.29, 1.82) is 0 Å².